The predicted octanol–water partition coefficient (Wildman–Crippen LogP) is 5.01. The lowest BCUT2D eigenvalue weighted by molar-refractivity contribution is -0.131. The molecule has 1 amide bonds. The number of ether oxygens (including phenoxy) is 2. The summed E-state index contributed by atoms with van der Waals surface area (Å²) < 4.78 is 12.8. The van der Waals surface area contributed by atoms with Crippen LogP contribution in [0.1, 0.15) is 35.9 Å². The predicted molar refractivity (Wildman–Crippen MR) is 154 cm³/mol. The molecule has 1 fully saturated rings. The van der Waals surface area contributed by atoms with Crippen LogP contribution in [0.5, 0.6) is 11.5 Å². The number of amides is 1. The van der Waals surface area contributed by atoms with Gasteiger partial charge in [-0.05, 0) is 69.5 Å². The molecule has 0 saturated carbocycles. The molecular weight excluding hydrogens is 490 g/mol. The minimum Gasteiger partial charge on any atom is -0.497 e. The molecule has 1 saturated heterocycles. The maximum Gasteiger partial charge on any atom is 0.223 e. The van der Waals surface area contributed by atoms with Gasteiger partial charge in [-0.3, -0.25) is 4.79 Å². The number of hydrogen-bond acceptors (Lipinski definition) is 6. The minimum absolute atomic E-state index is 0.189. The Balaban J connectivity index is 1.30. The van der Waals surface area contributed by atoms with E-state index < -0.39 is 0 Å². The number of benzene rings is 2. The van der Waals surface area contributed by atoms with Crippen molar-refractivity contribution in [1.82, 2.24) is 19.5 Å². The number of nitrogens with zero attached hydrogens (tertiary/aromatic N) is 5. The molecule has 1 aliphatic heterocycles. The molecule has 5 rings (SSSR count). The minimum atomic E-state index is 0.189. The number of fused-ring (bicyclic) bond motifs is 1. The van der Waals surface area contributed by atoms with Gasteiger partial charge in [-0.1, -0.05) is 12.1 Å². The van der Waals surface area contributed by atoms with E-state index in [1.165, 1.54) is 11.3 Å². The third kappa shape index (κ3) is 5.28. The van der Waals surface area contributed by atoms with E-state index in [9.17, 15) is 4.79 Å². The molecule has 39 heavy (non-hydrogen) atoms. The van der Waals surface area contributed by atoms with Crippen LogP contribution in [-0.4, -0.2) is 65.3 Å². The lowest BCUT2D eigenvalue weighted by atomic mass is 10.0. The van der Waals surface area contributed by atoms with Gasteiger partial charge in [-0.15, -0.1) is 0 Å². The molecular formula is C31H37N5O3. The first-order valence-corrected chi connectivity index (χ1v) is 13.5. The van der Waals surface area contributed by atoms with Gasteiger partial charge in [0.1, 0.15) is 11.5 Å². The van der Waals surface area contributed by atoms with E-state index in [1.807, 2.05) is 47.5 Å². The molecule has 8 nitrogen and oxygen atoms in total. The number of aromatic nitrogens is 3. The first-order valence-electron chi connectivity index (χ1n) is 13.5. The third-order valence-electron chi connectivity index (χ3n) is 7.75. The average Bonchev–Trinajstić information content (AvgIpc) is 3.36. The standard InChI is InChI=1S/C31H37N5O3/c1-20-8-7-9-24(16-20)35-15-14-34(19-21(35)2)31(37)13-12-26-22(3)32-30-18-28(33-36(30)23(26)4)27-11-10-25(38-5)17-29(27)39-6/h7-11,16-18,21H,12-15,19H2,1-6H3/t21-/m1/s1. The van der Waals surface area contributed by atoms with E-state index in [0.717, 1.165) is 59.2 Å². The lowest BCUT2D eigenvalue weighted by Crippen LogP contribution is -2.53. The van der Waals surface area contributed by atoms with Crippen LogP contribution in [0.3, 0.4) is 0 Å². The van der Waals surface area contributed by atoms with Crippen LogP contribution in [0.15, 0.2) is 48.5 Å². The summed E-state index contributed by atoms with van der Waals surface area (Å²) in [5.41, 5.74) is 7.90. The molecule has 1 atom stereocenters. The molecule has 0 bridgehead atoms. The van der Waals surface area contributed by atoms with Crippen molar-refractivity contribution in [3.63, 3.8) is 0 Å². The van der Waals surface area contributed by atoms with Crippen molar-refractivity contribution >= 4 is 17.2 Å². The Morgan fingerprint density at radius 1 is 1.03 bits per heavy atom. The molecule has 3 heterocycles. The van der Waals surface area contributed by atoms with E-state index in [2.05, 4.69) is 43.0 Å². The highest BCUT2D eigenvalue weighted by Gasteiger charge is 2.27. The van der Waals surface area contributed by atoms with Crippen LogP contribution in [0.25, 0.3) is 16.9 Å². The highest BCUT2D eigenvalue weighted by atomic mass is 16.5. The van der Waals surface area contributed by atoms with Gasteiger partial charge in [-0.2, -0.15) is 5.10 Å². The van der Waals surface area contributed by atoms with Gasteiger partial charge < -0.3 is 19.3 Å². The normalized spacial score (nSPS) is 15.6. The van der Waals surface area contributed by atoms with E-state index in [4.69, 9.17) is 19.6 Å². The molecule has 0 radical (unpaired) electrons. The summed E-state index contributed by atoms with van der Waals surface area (Å²) in [6, 6.07) is 16.5. The number of hydrogen-bond donors (Lipinski definition) is 0. The maximum absolute atomic E-state index is 13.3. The molecule has 2 aromatic heterocycles. The molecule has 2 aromatic carbocycles. The van der Waals surface area contributed by atoms with Crippen molar-refractivity contribution < 1.29 is 14.3 Å². The summed E-state index contributed by atoms with van der Waals surface area (Å²) in [5, 5.41) is 4.85. The summed E-state index contributed by atoms with van der Waals surface area (Å²) >= 11 is 0. The largest absolute Gasteiger partial charge is 0.497 e. The molecule has 4 aromatic rings. The van der Waals surface area contributed by atoms with Crippen LogP contribution in [0.2, 0.25) is 0 Å². The van der Waals surface area contributed by atoms with Gasteiger partial charge >= 0.3 is 0 Å². The number of methoxy groups -OCH3 is 2. The smallest absolute Gasteiger partial charge is 0.223 e. The molecule has 204 valence electrons. The molecule has 0 unspecified atom stereocenters. The maximum atomic E-state index is 13.3. The Bertz CT molecular complexity index is 1510. The fourth-order valence-electron chi connectivity index (χ4n) is 5.59. The fourth-order valence-corrected chi connectivity index (χ4v) is 5.59. The SMILES string of the molecule is COc1ccc(-c2cc3nc(C)c(CCC(=O)N4CCN(c5cccc(C)c5)[C@H](C)C4)c(C)n3n2)c(OC)c1. The highest BCUT2D eigenvalue weighted by Crippen LogP contribution is 2.33. The summed E-state index contributed by atoms with van der Waals surface area (Å²) in [6.07, 6.45) is 1.08. The van der Waals surface area contributed by atoms with Gasteiger partial charge in [0.25, 0.3) is 0 Å². The van der Waals surface area contributed by atoms with Crippen molar-refractivity contribution in [3.05, 3.63) is 71.0 Å². The zero-order valence-corrected chi connectivity index (χ0v) is 23.7. The Kier molecular flexibility index (Phi) is 7.46. The molecule has 8 heteroatoms. The van der Waals surface area contributed by atoms with Gasteiger partial charge in [0, 0.05) is 66.9 Å². The molecule has 0 spiro atoms. The Morgan fingerprint density at radius 3 is 2.56 bits per heavy atom. The second-order valence-electron chi connectivity index (χ2n) is 10.3. The number of rotatable bonds is 7. The highest BCUT2D eigenvalue weighted by molar-refractivity contribution is 5.77. The Hall–Kier alpha value is -4.07. The summed E-state index contributed by atoms with van der Waals surface area (Å²) in [5.74, 6) is 1.60. The van der Waals surface area contributed by atoms with Crippen molar-refractivity contribution in [1.29, 1.82) is 0 Å². The lowest BCUT2D eigenvalue weighted by Gasteiger charge is -2.41. The first-order chi connectivity index (χ1) is 18.8. The van der Waals surface area contributed by atoms with E-state index in [1.54, 1.807) is 14.2 Å². The summed E-state index contributed by atoms with van der Waals surface area (Å²) in [4.78, 5) is 22.5. The van der Waals surface area contributed by atoms with E-state index >= 15 is 0 Å². The average molecular weight is 528 g/mol. The summed E-state index contributed by atoms with van der Waals surface area (Å²) in [7, 11) is 3.27. The van der Waals surface area contributed by atoms with Gasteiger partial charge in [0.15, 0.2) is 5.65 Å². The van der Waals surface area contributed by atoms with Crippen molar-refractivity contribution in [3.8, 4) is 22.8 Å². The van der Waals surface area contributed by atoms with Crippen molar-refractivity contribution in [2.75, 3.05) is 38.8 Å². The monoisotopic (exact) mass is 527 g/mol. The van der Waals surface area contributed by atoms with Crippen molar-refractivity contribution in [2.24, 2.45) is 0 Å². The topological polar surface area (TPSA) is 72.2 Å². The van der Waals surface area contributed by atoms with Crippen LogP contribution < -0.4 is 14.4 Å². The van der Waals surface area contributed by atoms with Crippen LogP contribution in [-0.2, 0) is 11.2 Å². The quantitative estimate of drug-likeness (QED) is 0.337. The van der Waals surface area contributed by atoms with E-state index in [0.29, 0.717) is 18.6 Å². The van der Waals surface area contributed by atoms with E-state index in [-0.39, 0.29) is 11.9 Å². The second-order valence-corrected chi connectivity index (χ2v) is 10.3. The van der Waals surface area contributed by atoms with Gasteiger partial charge in [0.05, 0.1) is 19.9 Å². The zero-order chi connectivity index (χ0) is 27.7. The second kappa shape index (κ2) is 11.0. The Morgan fingerprint density at radius 2 is 1.85 bits per heavy atom. The molecule has 0 aliphatic carbocycles. The fraction of sp³-hybridized carbons (Fsp3) is 0.387. The number of piperazine rings is 1. The first kappa shape index (κ1) is 26.5. The third-order valence-corrected chi connectivity index (χ3v) is 7.75. The van der Waals surface area contributed by atoms with Crippen LogP contribution >= 0.6 is 0 Å². The number of aryl methyl sites for hydroxylation is 3. The van der Waals surface area contributed by atoms with Gasteiger partial charge in [0.2, 0.25) is 5.91 Å². The number of carbonyl (C=O) groups is 1. The van der Waals surface area contributed by atoms with Crippen molar-refractivity contribution in [2.45, 2.75) is 46.6 Å². The zero-order valence-electron chi connectivity index (χ0n) is 23.7. The molecule has 0 N–H and O–H groups in total. The van der Waals surface area contributed by atoms with Crippen LogP contribution in [0, 0.1) is 20.8 Å². The Labute approximate surface area is 230 Å². The number of carbonyl (C=O) groups excluding carboxylic acids is 1. The number of anilines is 1. The molecule has 1 aliphatic rings. The van der Waals surface area contributed by atoms with Crippen LogP contribution in [0.4, 0.5) is 5.69 Å². The summed E-state index contributed by atoms with van der Waals surface area (Å²) in [6.45, 7) is 10.7. The van der Waals surface area contributed by atoms with Gasteiger partial charge in [-0.25, -0.2) is 9.50 Å².